The van der Waals surface area contributed by atoms with Crippen LogP contribution in [0.2, 0.25) is 0 Å². The average molecular weight is 310 g/mol. The van der Waals surface area contributed by atoms with Crippen LogP contribution in [0.1, 0.15) is 28.4 Å². The molecule has 23 heavy (non-hydrogen) atoms. The minimum atomic E-state index is -0.248. The summed E-state index contributed by atoms with van der Waals surface area (Å²) in [7, 11) is 1.62. The third-order valence-corrected chi connectivity index (χ3v) is 4.61. The molecule has 2 N–H and O–H groups in total. The summed E-state index contributed by atoms with van der Waals surface area (Å²) in [4.78, 5) is 3.52. The van der Waals surface area contributed by atoms with Crippen LogP contribution in [0.15, 0.2) is 36.4 Å². The fourth-order valence-electron chi connectivity index (χ4n) is 3.54. The number of H-pyrrole nitrogens is 1. The van der Waals surface area contributed by atoms with Gasteiger partial charge in [0.25, 0.3) is 0 Å². The van der Waals surface area contributed by atoms with Crippen molar-refractivity contribution in [2.24, 2.45) is 0 Å². The Labute approximate surface area is 134 Å². The number of benzene rings is 2. The summed E-state index contributed by atoms with van der Waals surface area (Å²) in [6, 6.07) is 11.0. The van der Waals surface area contributed by atoms with Crippen LogP contribution in [0.25, 0.3) is 10.9 Å². The fourth-order valence-corrected chi connectivity index (χ4v) is 3.54. The molecular formula is C19H19FN2O. The Kier molecular flexibility index (Phi) is 3.34. The van der Waals surface area contributed by atoms with Crippen LogP contribution >= 0.6 is 0 Å². The number of aryl methyl sites for hydroxylation is 1. The molecule has 1 atom stereocenters. The van der Waals surface area contributed by atoms with Crippen LogP contribution < -0.4 is 10.1 Å². The molecule has 2 heterocycles. The Bertz CT molecular complexity index is 884. The van der Waals surface area contributed by atoms with E-state index < -0.39 is 0 Å². The molecule has 2 aromatic carbocycles. The number of nitrogens with one attached hydrogen (secondary N) is 2. The summed E-state index contributed by atoms with van der Waals surface area (Å²) < 4.78 is 19.2. The normalized spacial score (nSPS) is 17.3. The summed E-state index contributed by atoms with van der Waals surface area (Å²) in [6.45, 7) is 2.96. The monoisotopic (exact) mass is 310 g/mol. The molecule has 118 valence electrons. The molecule has 0 amide bonds. The van der Waals surface area contributed by atoms with Crippen LogP contribution in [-0.2, 0) is 6.42 Å². The van der Waals surface area contributed by atoms with Gasteiger partial charge in [0, 0.05) is 28.7 Å². The summed E-state index contributed by atoms with van der Waals surface area (Å²) in [5, 5.41) is 4.76. The van der Waals surface area contributed by atoms with Gasteiger partial charge in [0.2, 0.25) is 0 Å². The fraction of sp³-hybridized carbons (Fsp3) is 0.263. The predicted octanol–water partition coefficient (Wildman–Crippen LogP) is 3.86. The van der Waals surface area contributed by atoms with E-state index in [0.717, 1.165) is 29.7 Å². The molecule has 3 nitrogen and oxygen atoms in total. The van der Waals surface area contributed by atoms with Gasteiger partial charge in [-0.05, 0) is 49.2 Å². The third-order valence-electron chi connectivity index (χ3n) is 4.61. The zero-order chi connectivity index (χ0) is 16.0. The van der Waals surface area contributed by atoms with E-state index in [1.54, 1.807) is 19.2 Å². The lowest BCUT2D eigenvalue weighted by Crippen LogP contribution is -2.30. The molecule has 1 aliphatic rings. The van der Waals surface area contributed by atoms with Crippen molar-refractivity contribution in [2.75, 3.05) is 13.7 Å². The zero-order valence-corrected chi connectivity index (χ0v) is 13.2. The molecule has 0 aliphatic carbocycles. The SMILES string of the molecule is COc1ccc(F)cc1C1NCCc2c1[nH]c1ccc(C)cc21. The number of aromatic nitrogens is 1. The van der Waals surface area contributed by atoms with E-state index in [1.165, 1.54) is 22.6 Å². The molecule has 0 saturated heterocycles. The number of hydrogen-bond acceptors (Lipinski definition) is 2. The second-order valence-corrected chi connectivity index (χ2v) is 6.09. The molecule has 1 aliphatic heterocycles. The van der Waals surface area contributed by atoms with Crippen molar-refractivity contribution >= 4 is 10.9 Å². The van der Waals surface area contributed by atoms with E-state index in [2.05, 4.69) is 35.4 Å². The standard InChI is InChI=1S/C19H19FN2O/c1-11-3-5-16-14(9-11)13-7-8-21-18(19(13)22-16)15-10-12(20)4-6-17(15)23-2/h3-6,9-10,18,21-22H,7-8H2,1-2H3. The number of hydrogen-bond donors (Lipinski definition) is 2. The highest BCUT2D eigenvalue weighted by atomic mass is 19.1. The molecule has 1 aromatic heterocycles. The quantitative estimate of drug-likeness (QED) is 0.754. The van der Waals surface area contributed by atoms with E-state index in [-0.39, 0.29) is 11.9 Å². The maximum atomic E-state index is 13.8. The van der Waals surface area contributed by atoms with Gasteiger partial charge in [-0.2, -0.15) is 0 Å². The molecular weight excluding hydrogens is 291 g/mol. The molecule has 0 fully saturated rings. The lowest BCUT2D eigenvalue weighted by molar-refractivity contribution is 0.400. The summed E-state index contributed by atoms with van der Waals surface area (Å²) in [5.41, 5.74) is 5.64. The Morgan fingerprint density at radius 3 is 2.87 bits per heavy atom. The van der Waals surface area contributed by atoms with Crippen LogP contribution in [0, 0.1) is 12.7 Å². The van der Waals surface area contributed by atoms with Crippen molar-refractivity contribution in [3.8, 4) is 5.75 Å². The Morgan fingerprint density at radius 1 is 1.17 bits per heavy atom. The maximum Gasteiger partial charge on any atom is 0.124 e. The van der Waals surface area contributed by atoms with Crippen LogP contribution in [0.3, 0.4) is 0 Å². The topological polar surface area (TPSA) is 37.0 Å². The number of halogens is 1. The van der Waals surface area contributed by atoms with Gasteiger partial charge in [0.1, 0.15) is 11.6 Å². The van der Waals surface area contributed by atoms with Gasteiger partial charge in [-0.25, -0.2) is 4.39 Å². The second kappa shape index (κ2) is 5.39. The molecule has 0 saturated carbocycles. The van der Waals surface area contributed by atoms with Gasteiger partial charge in [-0.3, -0.25) is 0 Å². The van der Waals surface area contributed by atoms with Gasteiger partial charge >= 0.3 is 0 Å². The smallest absolute Gasteiger partial charge is 0.124 e. The number of aromatic amines is 1. The van der Waals surface area contributed by atoms with E-state index in [1.807, 2.05) is 0 Å². The van der Waals surface area contributed by atoms with Gasteiger partial charge < -0.3 is 15.0 Å². The van der Waals surface area contributed by atoms with Crippen molar-refractivity contribution in [2.45, 2.75) is 19.4 Å². The van der Waals surface area contributed by atoms with Crippen LogP contribution in [0.4, 0.5) is 4.39 Å². The zero-order valence-electron chi connectivity index (χ0n) is 13.2. The van der Waals surface area contributed by atoms with Crippen LogP contribution in [-0.4, -0.2) is 18.6 Å². The molecule has 0 spiro atoms. The largest absolute Gasteiger partial charge is 0.496 e. The minimum Gasteiger partial charge on any atom is -0.496 e. The van der Waals surface area contributed by atoms with Crippen molar-refractivity contribution in [3.05, 3.63) is 64.6 Å². The minimum absolute atomic E-state index is 0.0860. The predicted molar refractivity (Wildman–Crippen MR) is 89.5 cm³/mol. The van der Waals surface area contributed by atoms with E-state index >= 15 is 0 Å². The molecule has 3 aromatic rings. The Balaban J connectivity index is 1.91. The molecule has 4 heteroatoms. The summed E-state index contributed by atoms with van der Waals surface area (Å²) in [6.07, 6.45) is 0.965. The number of methoxy groups -OCH3 is 1. The molecule has 1 unspecified atom stereocenters. The first kappa shape index (κ1) is 14.3. The van der Waals surface area contributed by atoms with Gasteiger partial charge in [-0.1, -0.05) is 11.6 Å². The first-order chi connectivity index (χ1) is 11.2. The highest BCUT2D eigenvalue weighted by molar-refractivity contribution is 5.86. The first-order valence-electron chi connectivity index (χ1n) is 7.85. The summed E-state index contributed by atoms with van der Waals surface area (Å²) in [5.74, 6) is 0.452. The molecule has 4 rings (SSSR count). The highest BCUT2D eigenvalue weighted by Crippen LogP contribution is 2.37. The van der Waals surface area contributed by atoms with E-state index in [9.17, 15) is 4.39 Å². The van der Waals surface area contributed by atoms with Crippen molar-refractivity contribution in [1.82, 2.24) is 10.3 Å². The van der Waals surface area contributed by atoms with E-state index in [4.69, 9.17) is 4.74 Å². The molecule has 0 radical (unpaired) electrons. The van der Waals surface area contributed by atoms with Gasteiger partial charge in [0.15, 0.2) is 0 Å². The Morgan fingerprint density at radius 2 is 2.04 bits per heavy atom. The maximum absolute atomic E-state index is 13.8. The Hall–Kier alpha value is -2.33. The summed E-state index contributed by atoms with van der Waals surface area (Å²) >= 11 is 0. The van der Waals surface area contributed by atoms with E-state index in [0.29, 0.717) is 5.75 Å². The van der Waals surface area contributed by atoms with Gasteiger partial charge in [0.05, 0.1) is 13.2 Å². The van der Waals surface area contributed by atoms with Crippen molar-refractivity contribution < 1.29 is 9.13 Å². The second-order valence-electron chi connectivity index (χ2n) is 6.09. The highest BCUT2D eigenvalue weighted by Gasteiger charge is 2.27. The van der Waals surface area contributed by atoms with Crippen molar-refractivity contribution in [3.63, 3.8) is 0 Å². The lowest BCUT2D eigenvalue weighted by atomic mass is 9.93. The third kappa shape index (κ3) is 2.30. The number of rotatable bonds is 2. The first-order valence-corrected chi connectivity index (χ1v) is 7.85. The number of ether oxygens (including phenoxy) is 1. The lowest BCUT2D eigenvalue weighted by Gasteiger charge is -2.26. The van der Waals surface area contributed by atoms with Crippen LogP contribution in [0.5, 0.6) is 5.75 Å². The van der Waals surface area contributed by atoms with Gasteiger partial charge in [-0.15, -0.1) is 0 Å². The van der Waals surface area contributed by atoms with Crippen molar-refractivity contribution in [1.29, 1.82) is 0 Å². The number of fused-ring (bicyclic) bond motifs is 3. The molecule has 0 bridgehead atoms. The average Bonchev–Trinajstić information content (AvgIpc) is 2.92.